The number of carboxylic acid groups (broad SMARTS) is 1. The molecule has 25 heavy (non-hydrogen) atoms. The molecule has 1 unspecified atom stereocenters. The molecule has 0 saturated carbocycles. The zero-order valence-electron chi connectivity index (χ0n) is 13.3. The Labute approximate surface area is 148 Å². The van der Waals surface area contributed by atoms with E-state index in [2.05, 4.69) is 6.07 Å². The zero-order valence-corrected chi connectivity index (χ0v) is 14.1. The molecule has 3 N–H and O–H groups in total. The third kappa shape index (κ3) is 2.59. The van der Waals surface area contributed by atoms with Crippen molar-refractivity contribution in [3.63, 3.8) is 0 Å². The number of thioether (sulfide) groups is 1. The summed E-state index contributed by atoms with van der Waals surface area (Å²) in [6.07, 6.45) is 0.536. The number of hydrogen-bond donors (Lipinski definition) is 2. The number of fused-ring (bicyclic) bond motifs is 2. The molecule has 2 heterocycles. The monoisotopic (exact) mass is 352 g/mol. The Balaban J connectivity index is 1.81. The second-order valence-corrected chi connectivity index (χ2v) is 7.09. The fourth-order valence-electron chi connectivity index (χ4n) is 3.32. The van der Waals surface area contributed by atoms with Crippen molar-refractivity contribution in [2.45, 2.75) is 17.5 Å². The van der Waals surface area contributed by atoms with Gasteiger partial charge in [0.25, 0.3) is 5.56 Å². The van der Waals surface area contributed by atoms with Crippen LogP contribution in [0.1, 0.15) is 17.2 Å². The maximum atomic E-state index is 12.5. The minimum Gasteiger partial charge on any atom is -0.480 e. The van der Waals surface area contributed by atoms with Gasteiger partial charge >= 0.3 is 5.97 Å². The largest absolute Gasteiger partial charge is 0.480 e. The molecule has 0 fully saturated rings. The first-order valence-electron chi connectivity index (χ1n) is 7.92. The Morgan fingerprint density at radius 2 is 1.96 bits per heavy atom. The third-order valence-corrected chi connectivity index (χ3v) is 5.74. The minimum atomic E-state index is -1.01. The number of nitrogens with zero attached hydrogens (tertiary/aromatic N) is 1. The number of hydrogen-bond acceptors (Lipinski definition) is 4. The maximum Gasteiger partial charge on any atom is 0.327 e. The van der Waals surface area contributed by atoms with Gasteiger partial charge < -0.3 is 10.8 Å². The number of carboxylic acids is 1. The SMILES string of the molecule is Nc1c(Cc2cccc3ccccc23)cc(=O)n2c1SCC2C(=O)O. The van der Waals surface area contributed by atoms with E-state index in [1.54, 1.807) is 0 Å². The molecule has 0 bridgehead atoms. The fourth-order valence-corrected chi connectivity index (χ4v) is 4.57. The Morgan fingerprint density at radius 3 is 2.76 bits per heavy atom. The van der Waals surface area contributed by atoms with Crippen molar-refractivity contribution in [1.29, 1.82) is 0 Å². The van der Waals surface area contributed by atoms with E-state index < -0.39 is 12.0 Å². The first-order valence-corrected chi connectivity index (χ1v) is 8.91. The highest BCUT2D eigenvalue weighted by atomic mass is 32.2. The van der Waals surface area contributed by atoms with Crippen LogP contribution in [0.25, 0.3) is 10.8 Å². The van der Waals surface area contributed by atoms with Gasteiger partial charge in [-0.2, -0.15) is 0 Å². The quantitative estimate of drug-likeness (QED) is 0.757. The molecule has 1 atom stereocenters. The second kappa shape index (κ2) is 5.97. The highest BCUT2D eigenvalue weighted by Gasteiger charge is 2.32. The van der Waals surface area contributed by atoms with Crippen molar-refractivity contribution in [1.82, 2.24) is 4.57 Å². The molecule has 126 valence electrons. The summed E-state index contributed by atoms with van der Waals surface area (Å²) >= 11 is 1.33. The molecular weight excluding hydrogens is 336 g/mol. The molecule has 1 aliphatic rings. The summed E-state index contributed by atoms with van der Waals surface area (Å²) in [5.41, 5.74) is 8.31. The van der Waals surface area contributed by atoms with Crippen molar-refractivity contribution >= 4 is 34.2 Å². The van der Waals surface area contributed by atoms with Crippen LogP contribution >= 0.6 is 11.8 Å². The van der Waals surface area contributed by atoms with Gasteiger partial charge in [-0.25, -0.2) is 4.79 Å². The standard InChI is InChI=1S/C19H16N2O3S/c20-17-13(8-12-6-3-5-11-4-1-2-7-14(11)12)9-16(22)21-15(19(23)24)10-25-18(17)21/h1-7,9,15H,8,10,20H2,(H,23,24). The third-order valence-electron chi connectivity index (χ3n) is 4.57. The Bertz CT molecular complexity index is 1050. The van der Waals surface area contributed by atoms with Crippen molar-refractivity contribution in [3.8, 4) is 0 Å². The molecule has 6 heteroatoms. The van der Waals surface area contributed by atoms with Crippen LogP contribution in [-0.2, 0) is 11.2 Å². The van der Waals surface area contributed by atoms with E-state index >= 15 is 0 Å². The van der Waals surface area contributed by atoms with Gasteiger partial charge in [0.2, 0.25) is 0 Å². The van der Waals surface area contributed by atoms with Crippen molar-refractivity contribution in [2.24, 2.45) is 0 Å². The molecule has 4 rings (SSSR count). The summed E-state index contributed by atoms with van der Waals surface area (Å²) in [6, 6.07) is 14.8. The molecule has 5 nitrogen and oxygen atoms in total. The van der Waals surface area contributed by atoms with E-state index in [0.29, 0.717) is 22.9 Å². The minimum absolute atomic E-state index is 0.308. The molecular formula is C19H16N2O3S. The van der Waals surface area contributed by atoms with E-state index in [1.165, 1.54) is 22.4 Å². The summed E-state index contributed by atoms with van der Waals surface area (Å²) in [5.74, 6) is -0.679. The number of aromatic nitrogens is 1. The van der Waals surface area contributed by atoms with Crippen molar-refractivity contribution in [2.75, 3.05) is 11.5 Å². The molecule has 1 aromatic heterocycles. The predicted molar refractivity (Wildman–Crippen MR) is 99.3 cm³/mol. The highest BCUT2D eigenvalue weighted by molar-refractivity contribution is 7.99. The average molecular weight is 352 g/mol. The van der Waals surface area contributed by atoms with Gasteiger partial charge in [0.15, 0.2) is 0 Å². The number of aliphatic carboxylic acids is 1. The summed E-state index contributed by atoms with van der Waals surface area (Å²) in [7, 11) is 0. The number of rotatable bonds is 3. The summed E-state index contributed by atoms with van der Waals surface area (Å²) in [4.78, 5) is 23.8. The number of nitrogen functional groups attached to an aromatic ring is 1. The molecule has 0 amide bonds. The predicted octanol–water partition coefficient (Wildman–Crippen LogP) is 2.91. The number of pyridine rings is 1. The van der Waals surface area contributed by atoms with Gasteiger partial charge in [-0.3, -0.25) is 9.36 Å². The van der Waals surface area contributed by atoms with Crippen LogP contribution in [0.5, 0.6) is 0 Å². The van der Waals surface area contributed by atoms with Crippen LogP contribution < -0.4 is 11.3 Å². The van der Waals surface area contributed by atoms with Crippen LogP contribution in [0.2, 0.25) is 0 Å². The second-order valence-electron chi connectivity index (χ2n) is 6.08. The van der Waals surface area contributed by atoms with Gasteiger partial charge in [0.05, 0.1) is 5.69 Å². The van der Waals surface area contributed by atoms with Gasteiger partial charge in [-0.1, -0.05) is 42.5 Å². The molecule has 0 aliphatic carbocycles. The molecule has 3 aromatic rings. The van der Waals surface area contributed by atoms with E-state index in [-0.39, 0.29) is 5.56 Å². The Kier molecular flexibility index (Phi) is 3.77. The van der Waals surface area contributed by atoms with Gasteiger partial charge in [0.1, 0.15) is 11.1 Å². The Hall–Kier alpha value is -2.73. The van der Waals surface area contributed by atoms with E-state index in [9.17, 15) is 14.7 Å². The fraction of sp³-hybridized carbons (Fsp3) is 0.158. The lowest BCUT2D eigenvalue weighted by atomic mass is 9.98. The van der Waals surface area contributed by atoms with Gasteiger partial charge in [-0.15, -0.1) is 11.8 Å². The normalized spacial score (nSPS) is 16.1. The van der Waals surface area contributed by atoms with Crippen LogP contribution in [0.4, 0.5) is 5.69 Å². The number of benzene rings is 2. The van der Waals surface area contributed by atoms with Crippen molar-refractivity contribution < 1.29 is 9.90 Å². The van der Waals surface area contributed by atoms with E-state index in [1.807, 2.05) is 36.4 Å². The molecule has 0 radical (unpaired) electrons. The molecule has 0 saturated heterocycles. The lowest BCUT2D eigenvalue weighted by Crippen LogP contribution is -2.29. The summed E-state index contributed by atoms with van der Waals surface area (Å²) < 4.78 is 1.30. The molecule has 1 aliphatic heterocycles. The maximum absolute atomic E-state index is 12.5. The van der Waals surface area contributed by atoms with E-state index in [4.69, 9.17) is 5.73 Å². The number of carbonyl (C=O) groups is 1. The van der Waals surface area contributed by atoms with Gasteiger partial charge in [0, 0.05) is 18.2 Å². The van der Waals surface area contributed by atoms with Crippen molar-refractivity contribution in [3.05, 3.63) is 70.0 Å². The Morgan fingerprint density at radius 1 is 1.20 bits per heavy atom. The van der Waals surface area contributed by atoms with Gasteiger partial charge in [-0.05, 0) is 21.9 Å². The molecule has 2 aromatic carbocycles. The zero-order chi connectivity index (χ0) is 17.6. The van der Waals surface area contributed by atoms with Crippen LogP contribution in [0, 0.1) is 0 Å². The average Bonchev–Trinajstić information content (AvgIpc) is 3.06. The van der Waals surface area contributed by atoms with E-state index in [0.717, 1.165) is 21.9 Å². The summed E-state index contributed by atoms with van der Waals surface area (Å²) in [5, 5.41) is 12.1. The van der Waals surface area contributed by atoms with Crippen LogP contribution in [-0.4, -0.2) is 21.4 Å². The summed E-state index contributed by atoms with van der Waals surface area (Å²) in [6.45, 7) is 0. The lowest BCUT2D eigenvalue weighted by molar-refractivity contribution is -0.140. The first-order chi connectivity index (χ1) is 12.1. The van der Waals surface area contributed by atoms with Crippen LogP contribution in [0.3, 0.4) is 0 Å². The first kappa shape index (κ1) is 15.8. The topological polar surface area (TPSA) is 85.3 Å². The highest BCUT2D eigenvalue weighted by Crippen LogP contribution is 2.37. The number of anilines is 1. The lowest BCUT2D eigenvalue weighted by Gasteiger charge is -2.14. The van der Waals surface area contributed by atoms with Crippen LogP contribution in [0.15, 0.2) is 58.4 Å². The smallest absolute Gasteiger partial charge is 0.327 e. The molecule has 0 spiro atoms. The number of nitrogens with two attached hydrogens (primary N) is 1.